The topological polar surface area (TPSA) is 0 Å². The van der Waals surface area contributed by atoms with Crippen molar-refractivity contribution in [1.29, 1.82) is 0 Å². The Morgan fingerprint density at radius 2 is 0.684 bits per heavy atom. The normalized spacial score (nSPS) is 43.7. The summed E-state index contributed by atoms with van der Waals surface area (Å²) in [5.74, 6) is 25.5. The standard InChI is InChI=1S/C10H22Si.C9H20Si.C9H16.2C8H14.2C7H12.C7H14.C6H10.C6H12/c1-10(2,3)9-6-7-11(4,5)8-9;1-8(2)9-5-6-10(3,4)7-9;1-7-6-8-2-4-9(7)5-3-8;1-6-4-7-2-3-8(6)5-7;1-6-7-2-3-8(6)5-4-7;1-5-2-6-3-7(5)4-6;1-5-6-2-3-7(5)4-6;1-7-5-3-2-4-6-7;1-4-5-2-6(4)3-5;1-6-4-2-3-5-6/h9H,6-8H2,1-5H3;8-9H,5-7H2,1-4H3;7-9H,2-6H2,1H3;2*6-8H,2-5H2,1H3;2*5-7H,2-4H2,1H3;7H,2-6H2,1H3;4-6H,2-3H2,1H3;6H,2-5H2,1H3. The molecule has 2 aliphatic heterocycles. The summed E-state index contributed by atoms with van der Waals surface area (Å²) in [5, 5.41) is 0. The summed E-state index contributed by atoms with van der Waals surface area (Å²) < 4.78 is 0. The van der Waals surface area contributed by atoms with Crippen LogP contribution in [0.1, 0.15) is 295 Å². The van der Waals surface area contributed by atoms with Gasteiger partial charge in [-0.05, 0) is 257 Å². The Labute approximate surface area is 500 Å². The molecule has 0 aromatic heterocycles. The lowest BCUT2D eigenvalue weighted by atomic mass is 9.49. The molecule has 0 radical (unpaired) electrons. The molecule has 462 valence electrons. The molecule has 2 heterocycles. The predicted molar refractivity (Wildman–Crippen MR) is 358 cm³/mol. The second kappa shape index (κ2) is 30.9. The average Bonchev–Trinajstić information content (AvgIpc) is 4.22. The molecular formula is C77H146Si2. The first-order valence-corrected chi connectivity index (χ1v) is 44.2. The quantitative estimate of drug-likeness (QED) is 0.230. The average molecular weight is 1130 g/mol. The molecule has 0 aromatic rings. The lowest BCUT2D eigenvalue weighted by Crippen LogP contribution is -2.48. The summed E-state index contributed by atoms with van der Waals surface area (Å²) >= 11 is 0. The van der Waals surface area contributed by atoms with E-state index in [1.165, 1.54) is 88.4 Å². The molecule has 20 aliphatic rings. The van der Waals surface area contributed by atoms with Gasteiger partial charge in [0.1, 0.15) is 0 Å². The van der Waals surface area contributed by atoms with Crippen molar-refractivity contribution < 1.29 is 0 Å². The molecule has 2 heteroatoms. The van der Waals surface area contributed by atoms with Crippen LogP contribution in [0, 0.1) is 142 Å². The third kappa shape index (κ3) is 20.5. The van der Waals surface area contributed by atoms with Crippen molar-refractivity contribution in [2.24, 2.45) is 142 Å². The molecule has 2 saturated heterocycles. The van der Waals surface area contributed by atoms with Crippen LogP contribution in [0.2, 0.25) is 50.4 Å². The predicted octanol–water partition coefficient (Wildman–Crippen LogP) is 25.4. The Morgan fingerprint density at radius 1 is 0.316 bits per heavy atom. The Morgan fingerprint density at radius 3 is 0.848 bits per heavy atom. The highest BCUT2D eigenvalue weighted by Crippen LogP contribution is 2.58. The van der Waals surface area contributed by atoms with Crippen molar-refractivity contribution in [2.45, 2.75) is 346 Å². The van der Waals surface area contributed by atoms with E-state index in [4.69, 9.17) is 0 Å². The molecule has 0 amide bonds. The minimum atomic E-state index is -0.713. The number of rotatable bonds is 1. The van der Waals surface area contributed by atoms with Gasteiger partial charge in [-0.15, -0.1) is 0 Å². The largest absolute Gasteiger partial charge is 0.0693 e. The molecule has 18 aliphatic carbocycles. The molecular weight excluding hydrogens is 981 g/mol. The van der Waals surface area contributed by atoms with Gasteiger partial charge in [-0.1, -0.05) is 230 Å². The summed E-state index contributed by atoms with van der Waals surface area (Å²) in [4.78, 5) is 0. The Kier molecular flexibility index (Phi) is 26.2. The molecule has 0 spiro atoms. The summed E-state index contributed by atoms with van der Waals surface area (Å²) in [6.45, 7) is 41.3. The Balaban J connectivity index is 0.000000128. The van der Waals surface area contributed by atoms with Crippen LogP contribution in [-0.4, -0.2) is 16.1 Å². The van der Waals surface area contributed by atoms with Crippen molar-refractivity contribution in [3.63, 3.8) is 0 Å². The molecule has 12 bridgehead atoms. The lowest BCUT2D eigenvalue weighted by Gasteiger charge is -2.56. The summed E-state index contributed by atoms with van der Waals surface area (Å²) in [6.07, 6.45) is 49.1. The van der Waals surface area contributed by atoms with E-state index in [1.54, 1.807) is 159 Å². The van der Waals surface area contributed by atoms with E-state index in [1.807, 2.05) is 0 Å². The first-order valence-electron chi connectivity index (χ1n) is 37.3. The maximum Gasteiger partial charge on any atom is 0.0476 e. The van der Waals surface area contributed by atoms with E-state index in [0.717, 1.165) is 118 Å². The van der Waals surface area contributed by atoms with Gasteiger partial charge in [-0.3, -0.25) is 0 Å². The molecule has 9 unspecified atom stereocenters. The minimum absolute atomic E-state index is 0.570. The van der Waals surface area contributed by atoms with Crippen LogP contribution in [-0.2, 0) is 0 Å². The molecule has 20 fully saturated rings. The summed E-state index contributed by atoms with van der Waals surface area (Å²) in [5.41, 5.74) is 0.570. The van der Waals surface area contributed by atoms with Crippen LogP contribution >= 0.6 is 0 Å². The van der Waals surface area contributed by atoms with E-state index >= 15 is 0 Å². The van der Waals surface area contributed by atoms with Gasteiger partial charge in [-0.25, -0.2) is 0 Å². The minimum Gasteiger partial charge on any atom is -0.0693 e. The number of hydrogen-bond donors (Lipinski definition) is 0. The molecule has 0 aromatic carbocycles. The highest BCUT2D eigenvalue weighted by atomic mass is 28.3. The third-order valence-corrected chi connectivity index (χ3v) is 34.5. The van der Waals surface area contributed by atoms with Crippen LogP contribution in [0.5, 0.6) is 0 Å². The zero-order valence-electron chi connectivity index (χ0n) is 57.2. The fourth-order valence-corrected chi connectivity index (χ4v) is 27.4. The van der Waals surface area contributed by atoms with Crippen LogP contribution in [0.4, 0.5) is 0 Å². The van der Waals surface area contributed by atoms with E-state index < -0.39 is 16.1 Å². The van der Waals surface area contributed by atoms with Crippen LogP contribution in [0.25, 0.3) is 0 Å². The third-order valence-electron chi connectivity index (χ3n) is 28.0. The SMILES string of the molecule is CC(C)(C)C1CC[Si](C)(C)C1.CC(C)C1CC[Si](C)(C)C1.CC1C2CC1C2.CC1C2CCC1C2.CC1C2CCC1CC2.CC1CC2CC1C2.CC1CC2CCC1C2.CC1CC2CCC1CC2.CC1CCCC1.CC1CCCCC1. The van der Waals surface area contributed by atoms with Crippen LogP contribution in [0.15, 0.2) is 0 Å². The summed E-state index contributed by atoms with van der Waals surface area (Å²) in [7, 11) is -1.38. The van der Waals surface area contributed by atoms with Crippen molar-refractivity contribution in [2.75, 3.05) is 0 Å². The zero-order chi connectivity index (χ0) is 57.2. The number of hydrogen-bond acceptors (Lipinski definition) is 0. The number of fused-ring (bicyclic) bond motifs is 9. The summed E-state index contributed by atoms with van der Waals surface area (Å²) in [6, 6.07) is 6.30. The monoisotopic (exact) mass is 1130 g/mol. The lowest BCUT2D eigenvalue weighted by molar-refractivity contribution is -0.0673. The fraction of sp³-hybridized carbons (Fsp3) is 1.00. The first kappa shape index (κ1) is 67.0. The van der Waals surface area contributed by atoms with E-state index in [2.05, 4.69) is 116 Å². The van der Waals surface area contributed by atoms with Crippen molar-refractivity contribution >= 4 is 16.1 Å². The van der Waals surface area contributed by atoms with Gasteiger partial charge in [0.15, 0.2) is 0 Å². The molecule has 0 nitrogen and oxygen atoms in total. The Hall–Kier alpha value is 0.434. The van der Waals surface area contributed by atoms with Gasteiger partial charge in [0, 0.05) is 16.1 Å². The van der Waals surface area contributed by atoms with Gasteiger partial charge in [0.2, 0.25) is 0 Å². The molecule has 0 N–H and O–H groups in total. The van der Waals surface area contributed by atoms with Crippen molar-refractivity contribution in [3.05, 3.63) is 0 Å². The van der Waals surface area contributed by atoms with Gasteiger partial charge >= 0.3 is 0 Å². The smallest absolute Gasteiger partial charge is 0.0476 e. The van der Waals surface area contributed by atoms with Gasteiger partial charge in [0.05, 0.1) is 0 Å². The van der Waals surface area contributed by atoms with Crippen molar-refractivity contribution in [3.8, 4) is 0 Å². The highest BCUT2D eigenvalue weighted by Gasteiger charge is 2.49. The van der Waals surface area contributed by atoms with Crippen LogP contribution < -0.4 is 0 Å². The fourth-order valence-electron chi connectivity index (χ4n) is 20.4. The van der Waals surface area contributed by atoms with Gasteiger partial charge < -0.3 is 0 Å². The van der Waals surface area contributed by atoms with Crippen LogP contribution in [0.3, 0.4) is 0 Å². The molecule has 9 atom stereocenters. The highest BCUT2D eigenvalue weighted by molar-refractivity contribution is 6.78. The second-order valence-electron chi connectivity index (χ2n) is 36.5. The second-order valence-corrected chi connectivity index (χ2v) is 47.0. The van der Waals surface area contributed by atoms with E-state index in [0.29, 0.717) is 5.41 Å². The van der Waals surface area contributed by atoms with Crippen molar-refractivity contribution in [1.82, 2.24) is 0 Å². The van der Waals surface area contributed by atoms with Gasteiger partial charge in [-0.2, -0.15) is 0 Å². The van der Waals surface area contributed by atoms with E-state index in [9.17, 15) is 0 Å². The Bertz CT molecular complexity index is 1610. The molecule has 79 heavy (non-hydrogen) atoms. The molecule has 18 saturated carbocycles. The maximum absolute atomic E-state index is 2.54. The zero-order valence-corrected chi connectivity index (χ0v) is 59.2. The van der Waals surface area contributed by atoms with E-state index in [-0.39, 0.29) is 0 Å². The van der Waals surface area contributed by atoms with Gasteiger partial charge in [0.25, 0.3) is 0 Å². The maximum atomic E-state index is 2.54. The first-order chi connectivity index (χ1) is 37.3. The molecule has 20 rings (SSSR count).